The van der Waals surface area contributed by atoms with Crippen molar-refractivity contribution in [1.29, 1.82) is 5.26 Å². The normalized spacial score (nSPS) is 18.4. The lowest BCUT2D eigenvalue weighted by molar-refractivity contribution is -0.138. The van der Waals surface area contributed by atoms with E-state index in [9.17, 15) is 14.9 Å². The van der Waals surface area contributed by atoms with Crippen molar-refractivity contribution in [1.82, 2.24) is 0 Å². The molecule has 1 aromatic rings. The van der Waals surface area contributed by atoms with Crippen LogP contribution in [0.1, 0.15) is 45.7 Å². The van der Waals surface area contributed by atoms with E-state index in [-0.39, 0.29) is 23.7 Å². The summed E-state index contributed by atoms with van der Waals surface area (Å²) in [5, 5.41) is 9.60. The van der Waals surface area contributed by atoms with Gasteiger partial charge in [0.15, 0.2) is 5.57 Å². The topological polar surface area (TPSA) is 79.6 Å². The fourth-order valence-corrected chi connectivity index (χ4v) is 3.79. The third kappa shape index (κ3) is 2.80. The molecular weight excluding hydrogens is 344 g/mol. The van der Waals surface area contributed by atoms with Gasteiger partial charge in [-0.05, 0) is 52.3 Å². The number of esters is 1. The summed E-state index contributed by atoms with van der Waals surface area (Å²) in [5.41, 5.74) is 2.32. The van der Waals surface area contributed by atoms with Gasteiger partial charge in [-0.3, -0.25) is 9.69 Å². The first-order valence-electron chi connectivity index (χ1n) is 8.93. The van der Waals surface area contributed by atoms with Crippen LogP contribution in [0.2, 0.25) is 0 Å². The fraction of sp³-hybridized carbons (Fsp3) is 0.381. The number of carbonyl (C=O) groups excluding carboxylic acids is 2. The van der Waals surface area contributed by atoms with Gasteiger partial charge >= 0.3 is 5.97 Å². The Balaban J connectivity index is 2.37. The van der Waals surface area contributed by atoms with Gasteiger partial charge in [-0.15, -0.1) is 0 Å². The molecule has 2 aliphatic rings. The highest BCUT2D eigenvalue weighted by molar-refractivity contribution is 6.38. The summed E-state index contributed by atoms with van der Waals surface area (Å²) in [6.45, 7) is 9.95. The summed E-state index contributed by atoms with van der Waals surface area (Å²) in [6.07, 6.45) is 2.01. The first-order valence-corrected chi connectivity index (χ1v) is 8.93. The SMILES string of the molecule is CCOC(=O)/C(C#N)=C1\C(=O)N2c3c(cc(OCC)cc31)C(C)=CC2(C)C. The van der Waals surface area contributed by atoms with Crippen molar-refractivity contribution in [3.05, 3.63) is 34.9 Å². The van der Waals surface area contributed by atoms with E-state index >= 15 is 0 Å². The number of rotatable bonds is 4. The smallest absolute Gasteiger partial charge is 0.349 e. The highest BCUT2D eigenvalue weighted by atomic mass is 16.5. The van der Waals surface area contributed by atoms with Gasteiger partial charge in [0, 0.05) is 11.1 Å². The van der Waals surface area contributed by atoms with Crippen molar-refractivity contribution in [2.24, 2.45) is 0 Å². The predicted octanol–water partition coefficient (Wildman–Crippen LogP) is 3.47. The molecule has 0 bridgehead atoms. The molecule has 0 radical (unpaired) electrons. The van der Waals surface area contributed by atoms with Gasteiger partial charge in [0.1, 0.15) is 11.8 Å². The zero-order valence-corrected chi connectivity index (χ0v) is 16.2. The zero-order chi connectivity index (χ0) is 19.9. The van der Waals surface area contributed by atoms with Crippen LogP contribution in [-0.4, -0.2) is 30.6 Å². The Morgan fingerprint density at radius 1 is 1.22 bits per heavy atom. The van der Waals surface area contributed by atoms with Gasteiger partial charge in [-0.2, -0.15) is 5.26 Å². The minimum absolute atomic E-state index is 0.0740. The largest absolute Gasteiger partial charge is 0.494 e. The summed E-state index contributed by atoms with van der Waals surface area (Å²) in [6, 6.07) is 5.49. The van der Waals surface area contributed by atoms with Crippen LogP contribution >= 0.6 is 0 Å². The molecule has 0 aliphatic carbocycles. The van der Waals surface area contributed by atoms with Crippen LogP contribution in [0.5, 0.6) is 5.75 Å². The zero-order valence-electron chi connectivity index (χ0n) is 16.2. The van der Waals surface area contributed by atoms with Gasteiger partial charge in [0.2, 0.25) is 0 Å². The quantitative estimate of drug-likeness (QED) is 0.463. The molecule has 6 nitrogen and oxygen atoms in total. The lowest BCUT2D eigenvalue weighted by Gasteiger charge is -2.38. The van der Waals surface area contributed by atoms with Gasteiger partial charge in [-0.25, -0.2) is 4.79 Å². The minimum Gasteiger partial charge on any atom is -0.494 e. The molecule has 0 fully saturated rings. The van der Waals surface area contributed by atoms with Crippen molar-refractivity contribution in [2.45, 2.75) is 40.2 Å². The first kappa shape index (κ1) is 18.7. The Morgan fingerprint density at radius 2 is 1.89 bits per heavy atom. The maximum absolute atomic E-state index is 13.3. The molecule has 0 saturated heterocycles. The number of nitriles is 1. The molecule has 0 aromatic heterocycles. The number of anilines is 1. The minimum atomic E-state index is -0.791. The van der Waals surface area contributed by atoms with Crippen LogP contribution in [0.4, 0.5) is 5.69 Å². The van der Waals surface area contributed by atoms with E-state index in [2.05, 4.69) is 0 Å². The molecule has 2 aliphatic heterocycles. The standard InChI is InChI=1S/C21H22N2O4/c1-6-26-13-8-14-12(3)10-21(4,5)23-18(14)15(9-13)17(19(23)24)16(11-22)20(25)27-7-2/h8-10H,6-7H2,1-5H3/b17-16-. The van der Waals surface area contributed by atoms with Crippen LogP contribution in [0, 0.1) is 11.3 Å². The van der Waals surface area contributed by atoms with Crippen LogP contribution in [-0.2, 0) is 14.3 Å². The summed E-state index contributed by atoms with van der Waals surface area (Å²) in [7, 11) is 0. The van der Waals surface area contributed by atoms with Gasteiger partial charge < -0.3 is 9.47 Å². The third-order valence-electron chi connectivity index (χ3n) is 4.72. The average molecular weight is 366 g/mol. The number of amides is 1. The Hall–Kier alpha value is -3.07. The third-order valence-corrected chi connectivity index (χ3v) is 4.72. The highest BCUT2D eigenvalue weighted by Gasteiger charge is 2.46. The van der Waals surface area contributed by atoms with E-state index in [0.29, 0.717) is 23.6 Å². The summed E-state index contributed by atoms with van der Waals surface area (Å²) in [5.74, 6) is -0.577. The molecule has 2 heterocycles. The molecule has 6 heteroatoms. The molecule has 1 aromatic carbocycles. The summed E-state index contributed by atoms with van der Waals surface area (Å²) < 4.78 is 10.7. The maximum Gasteiger partial charge on any atom is 0.349 e. The lowest BCUT2D eigenvalue weighted by atomic mass is 9.88. The van der Waals surface area contributed by atoms with E-state index in [1.165, 1.54) is 0 Å². The number of ether oxygens (including phenoxy) is 2. The Kier molecular flexibility index (Phi) is 4.56. The average Bonchev–Trinajstić information content (AvgIpc) is 2.88. The molecule has 0 unspecified atom stereocenters. The van der Waals surface area contributed by atoms with Crippen LogP contribution < -0.4 is 9.64 Å². The van der Waals surface area contributed by atoms with Crippen LogP contribution in [0.15, 0.2) is 23.8 Å². The van der Waals surface area contributed by atoms with E-state index in [1.807, 2.05) is 45.9 Å². The van der Waals surface area contributed by atoms with E-state index < -0.39 is 11.5 Å². The number of hydrogen-bond donors (Lipinski definition) is 0. The Bertz CT molecular complexity index is 948. The molecule has 0 saturated carbocycles. The number of allylic oxidation sites excluding steroid dienone is 1. The number of carbonyl (C=O) groups is 2. The lowest BCUT2D eigenvalue weighted by Crippen LogP contribution is -2.46. The fourth-order valence-electron chi connectivity index (χ4n) is 3.79. The van der Waals surface area contributed by atoms with Crippen molar-refractivity contribution < 1.29 is 19.1 Å². The highest BCUT2D eigenvalue weighted by Crippen LogP contribution is 2.51. The number of benzene rings is 1. The van der Waals surface area contributed by atoms with Crippen LogP contribution in [0.3, 0.4) is 0 Å². The maximum atomic E-state index is 13.3. The summed E-state index contributed by atoms with van der Waals surface area (Å²) in [4.78, 5) is 27.3. The van der Waals surface area contributed by atoms with Crippen molar-refractivity contribution in [3.63, 3.8) is 0 Å². The Labute approximate surface area is 158 Å². The van der Waals surface area contributed by atoms with Gasteiger partial charge in [0.05, 0.1) is 30.0 Å². The first-order chi connectivity index (χ1) is 12.8. The molecular formula is C21H22N2O4. The number of hydrogen-bond acceptors (Lipinski definition) is 5. The molecule has 1 amide bonds. The van der Waals surface area contributed by atoms with Gasteiger partial charge in [-0.1, -0.05) is 6.08 Å². The van der Waals surface area contributed by atoms with Crippen molar-refractivity contribution in [3.8, 4) is 11.8 Å². The molecule has 0 atom stereocenters. The molecule has 27 heavy (non-hydrogen) atoms. The van der Waals surface area contributed by atoms with Crippen molar-refractivity contribution in [2.75, 3.05) is 18.1 Å². The number of nitrogens with zero attached hydrogens (tertiary/aromatic N) is 2. The summed E-state index contributed by atoms with van der Waals surface area (Å²) >= 11 is 0. The van der Waals surface area contributed by atoms with Gasteiger partial charge in [0.25, 0.3) is 5.91 Å². The second-order valence-electron chi connectivity index (χ2n) is 7.00. The molecule has 0 spiro atoms. The van der Waals surface area contributed by atoms with Crippen molar-refractivity contribution >= 4 is 28.7 Å². The van der Waals surface area contributed by atoms with Crippen LogP contribution in [0.25, 0.3) is 11.1 Å². The van der Waals surface area contributed by atoms with E-state index in [1.54, 1.807) is 17.9 Å². The second-order valence-corrected chi connectivity index (χ2v) is 7.00. The molecule has 140 valence electrons. The second kappa shape index (κ2) is 6.58. The monoisotopic (exact) mass is 366 g/mol. The predicted molar refractivity (Wildman–Crippen MR) is 102 cm³/mol. The van der Waals surface area contributed by atoms with E-state index in [4.69, 9.17) is 9.47 Å². The molecule has 3 rings (SSSR count). The van der Waals surface area contributed by atoms with E-state index in [0.717, 1.165) is 11.1 Å². The molecule has 0 N–H and O–H groups in total. The Morgan fingerprint density at radius 3 is 2.48 bits per heavy atom.